The van der Waals surface area contributed by atoms with Crippen molar-refractivity contribution in [2.24, 2.45) is 0 Å². The van der Waals surface area contributed by atoms with Gasteiger partial charge < -0.3 is 14.8 Å². The summed E-state index contributed by atoms with van der Waals surface area (Å²) in [6.45, 7) is 2.92. The Morgan fingerprint density at radius 3 is 2.53 bits per heavy atom. The maximum Gasteiger partial charge on any atom is 0.337 e. The summed E-state index contributed by atoms with van der Waals surface area (Å²) in [6.07, 6.45) is 0. The van der Waals surface area contributed by atoms with E-state index in [1.165, 1.54) is 0 Å². The number of ether oxygens (including phenoxy) is 1. The Kier molecular flexibility index (Phi) is 5.84. The van der Waals surface area contributed by atoms with Crippen LogP contribution in [0.25, 0.3) is 33.5 Å². The first kappa shape index (κ1) is 21.5. The lowest BCUT2D eigenvalue weighted by molar-refractivity contribution is 0.0699. The van der Waals surface area contributed by atoms with Crippen LogP contribution in [0.2, 0.25) is 0 Å². The van der Waals surface area contributed by atoms with Crippen molar-refractivity contribution in [2.75, 3.05) is 13.2 Å². The van der Waals surface area contributed by atoms with Crippen LogP contribution >= 0.6 is 0 Å². The average molecular weight is 454 g/mol. The second-order valence-electron chi connectivity index (χ2n) is 7.74. The van der Waals surface area contributed by atoms with Crippen molar-refractivity contribution in [2.45, 2.75) is 12.8 Å². The number of imidazole rings is 1. The molecule has 0 aliphatic heterocycles. The van der Waals surface area contributed by atoms with E-state index < -0.39 is 5.97 Å². The van der Waals surface area contributed by atoms with Crippen LogP contribution in [0.15, 0.2) is 66.7 Å². The summed E-state index contributed by atoms with van der Waals surface area (Å²) in [4.78, 5) is 19.6. The Morgan fingerprint density at radius 1 is 1.03 bits per heavy atom. The number of H-pyrrole nitrogens is 2. The van der Waals surface area contributed by atoms with Gasteiger partial charge in [0.25, 0.3) is 0 Å². The van der Waals surface area contributed by atoms with Gasteiger partial charge in [0.15, 0.2) is 0 Å². The maximum absolute atomic E-state index is 11.6. The van der Waals surface area contributed by atoms with Gasteiger partial charge in [0, 0.05) is 12.2 Å². The molecule has 0 saturated carbocycles. The Morgan fingerprint density at radius 2 is 1.82 bits per heavy atom. The molecule has 0 aliphatic carbocycles. The van der Waals surface area contributed by atoms with E-state index in [0.717, 1.165) is 22.3 Å². The molecule has 0 amide bonds. The minimum absolute atomic E-state index is 0.170. The number of rotatable bonds is 8. The average Bonchev–Trinajstić information content (AvgIpc) is 3.55. The van der Waals surface area contributed by atoms with Crippen LogP contribution in [0.3, 0.4) is 0 Å². The lowest BCUT2D eigenvalue weighted by atomic mass is 9.94. The topological polar surface area (TPSA) is 130 Å². The molecule has 2 aromatic heterocycles. The number of hydrogen-bond donors (Lipinski definition) is 3. The number of carboxylic acid groups (broad SMARTS) is 1. The molecule has 0 bridgehead atoms. The van der Waals surface area contributed by atoms with Crippen LogP contribution in [-0.4, -0.2) is 54.9 Å². The van der Waals surface area contributed by atoms with Crippen molar-refractivity contribution in [3.63, 3.8) is 0 Å². The van der Waals surface area contributed by atoms with Gasteiger partial charge in [-0.1, -0.05) is 54.6 Å². The predicted molar refractivity (Wildman–Crippen MR) is 126 cm³/mol. The molecule has 0 saturated heterocycles. The lowest BCUT2D eigenvalue weighted by Gasteiger charge is -2.16. The number of hydrogen-bond acceptors (Lipinski definition) is 6. The zero-order valence-corrected chi connectivity index (χ0v) is 18.4. The molecule has 1 atom stereocenters. The number of carboxylic acids is 1. The normalized spacial score (nSPS) is 12.1. The molecule has 9 nitrogen and oxygen atoms in total. The molecule has 1 unspecified atom stereocenters. The molecule has 0 spiro atoms. The first-order valence-electron chi connectivity index (χ1n) is 10.9. The van der Waals surface area contributed by atoms with Gasteiger partial charge in [-0.25, -0.2) is 9.78 Å². The Labute approximate surface area is 194 Å². The number of nitrogens with zero attached hydrogens (tertiary/aromatic N) is 4. The largest absolute Gasteiger partial charge is 0.478 e. The zero-order valence-electron chi connectivity index (χ0n) is 18.4. The SMILES string of the molecule is CCOCC(c1ccc(-c2ccccc2-c2nn[nH]n2)cc1)c1nc2c(C(=O)O)cccc2[nH]1. The summed E-state index contributed by atoms with van der Waals surface area (Å²) < 4.78 is 5.76. The van der Waals surface area contributed by atoms with E-state index in [4.69, 9.17) is 4.74 Å². The van der Waals surface area contributed by atoms with E-state index >= 15 is 0 Å². The second kappa shape index (κ2) is 9.24. The van der Waals surface area contributed by atoms with Gasteiger partial charge in [0.1, 0.15) is 11.3 Å². The van der Waals surface area contributed by atoms with E-state index in [1.54, 1.807) is 12.1 Å². The van der Waals surface area contributed by atoms with E-state index in [1.807, 2.05) is 61.5 Å². The predicted octanol–water partition coefficient (Wildman–Crippen LogP) is 4.28. The summed E-state index contributed by atoms with van der Waals surface area (Å²) in [7, 11) is 0. The number of aromatic amines is 2. The van der Waals surface area contributed by atoms with Crippen molar-refractivity contribution >= 4 is 17.0 Å². The highest BCUT2D eigenvalue weighted by molar-refractivity contribution is 6.00. The van der Waals surface area contributed by atoms with Crippen LogP contribution in [0.4, 0.5) is 0 Å². The Balaban J connectivity index is 1.52. The fourth-order valence-corrected chi connectivity index (χ4v) is 4.06. The van der Waals surface area contributed by atoms with Crippen LogP contribution in [-0.2, 0) is 4.74 Å². The zero-order chi connectivity index (χ0) is 23.5. The molecule has 0 fully saturated rings. The number of nitrogens with one attached hydrogen (secondary N) is 2. The number of tetrazole rings is 1. The Bertz CT molecular complexity index is 1430. The highest BCUT2D eigenvalue weighted by Crippen LogP contribution is 2.32. The fourth-order valence-electron chi connectivity index (χ4n) is 4.06. The molecule has 34 heavy (non-hydrogen) atoms. The smallest absolute Gasteiger partial charge is 0.337 e. The molecule has 3 aromatic carbocycles. The minimum atomic E-state index is -1.00. The standard InChI is InChI=1S/C25H22N6O3/c1-2-34-14-20(23-26-21-9-5-8-19(25(32)33)22(21)27-23)16-12-10-15(11-13-16)17-6-3-4-7-18(17)24-28-30-31-29-24/h3-13,20H,2,14H2,1H3,(H,26,27)(H,32,33)(H,28,29,30,31). The monoisotopic (exact) mass is 454 g/mol. The Hall–Kier alpha value is -4.37. The summed E-state index contributed by atoms with van der Waals surface area (Å²) in [6, 6.07) is 21.1. The van der Waals surface area contributed by atoms with Gasteiger partial charge in [-0.05, 0) is 41.0 Å². The summed E-state index contributed by atoms with van der Waals surface area (Å²) in [5.41, 5.74) is 5.19. The van der Waals surface area contributed by atoms with Crippen LogP contribution < -0.4 is 0 Å². The summed E-state index contributed by atoms with van der Waals surface area (Å²) in [5.74, 6) is 0.00707. The van der Waals surface area contributed by atoms with E-state index in [9.17, 15) is 9.90 Å². The highest BCUT2D eigenvalue weighted by Gasteiger charge is 2.21. The van der Waals surface area contributed by atoms with Gasteiger partial charge >= 0.3 is 5.97 Å². The summed E-state index contributed by atoms with van der Waals surface area (Å²) in [5, 5.41) is 23.9. The van der Waals surface area contributed by atoms with Crippen LogP contribution in [0, 0.1) is 0 Å². The highest BCUT2D eigenvalue weighted by atomic mass is 16.5. The van der Waals surface area contributed by atoms with Gasteiger partial charge in [-0.2, -0.15) is 5.21 Å². The lowest BCUT2D eigenvalue weighted by Crippen LogP contribution is -2.11. The molecule has 5 aromatic rings. The van der Waals surface area contributed by atoms with Crippen molar-refractivity contribution < 1.29 is 14.6 Å². The van der Waals surface area contributed by atoms with E-state index in [2.05, 4.69) is 30.6 Å². The number of para-hydroxylation sites is 1. The third kappa shape index (κ3) is 4.04. The van der Waals surface area contributed by atoms with Crippen LogP contribution in [0.1, 0.15) is 34.6 Å². The molecule has 3 N–H and O–H groups in total. The van der Waals surface area contributed by atoms with Gasteiger partial charge in [0.05, 0.1) is 23.6 Å². The van der Waals surface area contributed by atoms with Gasteiger partial charge in [-0.3, -0.25) is 0 Å². The molecular formula is C25H22N6O3. The molecule has 5 rings (SSSR count). The number of carbonyl (C=O) groups is 1. The molecule has 170 valence electrons. The number of aromatic nitrogens is 6. The molecule has 0 radical (unpaired) electrons. The number of benzene rings is 3. The van der Waals surface area contributed by atoms with Gasteiger partial charge in [0.2, 0.25) is 5.82 Å². The van der Waals surface area contributed by atoms with Crippen molar-refractivity contribution in [1.82, 2.24) is 30.6 Å². The summed E-state index contributed by atoms with van der Waals surface area (Å²) >= 11 is 0. The molecular weight excluding hydrogens is 432 g/mol. The third-order valence-electron chi connectivity index (χ3n) is 5.72. The quantitative estimate of drug-likeness (QED) is 0.319. The molecule has 2 heterocycles. The van der Waals surface area contributed by atoms with Gasteiger partial charge in [-0.15, -0.1) is 10.2 Å². The number of fused-ring (bicyclic) bond motifs is 1. The number of aromatic carboxylic acids is 1. The van der Waals surface area contributed by atoms with Crippen LogP contribution in [0.5, 0.6) is 0 Å². The van der Waals surface area contributed by atoms with Crippen molar-refractivity contribution in [1.29, 1.82) is 0 Å². The first-order chi connectivity index (χ1) is 16.7. The minimum Gasteiger partial charge on any atom is -0.478 e. The third-order valence-corrected chi connectivity index (χ3v) is 5.72. The van der Waals surface area contributed by atoms with E-state index in [-0.39, 0.29) is 11.5 Å². The second-order valence-corrected chi connectivity index (χ2v) is 7.74. The molecule has 0 aliphatic rings. The van der Waals surface area contributed by atoms with Crippen molar-refractivity contribution in [3.8, 4) is 22.5 Å². The molecule has 9 heteroatoms. The maximum atomic E-state index is 11.6. The fraction of sp³-hybridized carbons (Fsp3) is 0.160. The first-order valence-corrected chi connectivity index (χ1v) is 10.9. The van der Waals surface area contributed by atoms with Crippen molar-refractivity contribution in [3.05, 3.63) is 83.7 Å². The van der Waals surface area contributed by atoms with E-state index in [0.29, 0.717) is 35.9 Å².